The van der Waals surface area contributed by atoms with Crippen LogP contribution in [-0.4, -0.2) is 58.5 Å². The Morgan fingerprint density at radius 3 is 2.85 bits per heavy atom. The number of carbonyl (C=O) groups excluding carboxylic acids is 2. The van der Waals surface area contributed by atoms with E-state index in [4.69, 9.17) is 9.84 Å². The number of carbonyl (C=O) groups is 3. The van der Waals surface area contributed by atoms with E-state index in [0.717, 1.165) is 0 Å². The SMILES string of the molecule is CC(=O)c1c[nH]c(C(=O)N2CCOCC2CC(=O)O)c1. The molecule has 1 aliphatic heterocycles. The van der Waals surface area contributed by atoms with E-state index in [9.17, 15) is 14.4 Å². The number of aromatic nitrogens is 1. The summed E-state index contributed by atoms with van der Waals surface area (Å²) in [6.45, 7) is 2.34. The van der Waals surface area contributed by atoms with Crippen LogP contribution in [0.2, 0.25) is 0 Å². The van der Waals surface area contributed by atoms with Gasteiger partial charge in [-0.2, -0.15) is 0 Å². The van der Waals surface area contributed by atoms with Crippen LogP contribution < -0.4 is 0 Å². The molecule has 0 saturated carbocycles. The van der Waals surface area contributed by atoms with Gasteiger partial charge in [0.25, 0.3) is 5.91 Å². The number of nitrogens with one attached hydrogen (secondary N) is 1. The highest BCUT2D eigenvalue weighted by atomic mass is 16.5. The lowest BCUT2D eigenvalue weighted by Crippen LogP contribution is -2.49. The van der Waals surface area contributed by atoms with E-state index >= 15 is 0 Å². The van der Waals surface area contributed by atoms with Gasteiger partial charge in [-0.1, -0.05) is 0 Å². The van der Waals surface area contributed by atoms with Crippen molar-refractivity contribution in [2.75, 3.05) is 19.8 Å². The molecule has 1 saturated heterocycles. The molecule has 1 aromatic heterocycles. The maximum Gasteiger partial charge on any atom is 0.305 e. The number of morpholine rings is 1. The molecule has 2 N–H and O–H groups in total. The largest absolute Gasteiger partial charge is 0.481 e. The number of carboxylic acid groups (broad SMARTS) is 1. The van der Waals surface area contributed by atoms with Crippen LogP contribution in [0.1, 0.15) is 34.2 Å². The first-order valence-corrected chi connectivity index (χ1v) is 6.29. The Bertz CT molecular complexity index is 537. The van der Waals surface area contributed by atoms with Crippen molar-refractivity contribution >= 4 is 17.7 Å². The van der Waals surface area contributed by atoms with Crippen LogP contribution in [0, 0.1) is 0 Å². The molecule has 7 heteroatoms. The number of rotatable bonds is 4. The van der Waals surface area contributed by atoms with E-state index in [1.54, 1.807) is 0 Å². The van der Waals surface area contributed by atoms with E-state index in [2.05, 4.69) is 4.98 Å². The van der Waals surface area contributed by atoms with Gasteiger partial charge in [-0.3, -0.25) is 14.4 Å². The van der Waals surface area contributed by atoms with Gasteiger partial charge >= 0.3 is 5.97 Å². The number of Topliss-reactive ketones (excluding diaryl/α,β-unsaturated/α-hetero) is 1. The van der Waals surface area contributed by atoms with Gasteiger partial charge < -0.3 is 19.7 Å². The summed E-state index contributed by atoms with van der Waals surface area (Å²) >= 11 is 0. The lowest BCUT2D eigenvalue weighted by atomic mass is 10.1. The van der Waals surface area contributed by atoms with E-state index in [1.807, 2.05) is 0 Å². The summed E-state index contributed by atoms with van der Waals surface area (Å²) in [5, 5.41) is 8.87. The third kappa shape index (κ3) is 3.05. The standard InChI is InChI=1S/C13H16N2O5/c1-8(16)9-4-11(14-6-9)13(19)15-2-3-20-7-10(15)5-12(17)18/h4,6,10,14H,2-3,5,7H2,1H3,(H,17,18). The number of ketones is 1. The van der Waals surface area contributed by atoms with Crippen molar-refractivity contribution in [2.24, 2.45) is 0 Å². The number of hydrogen-bond acceptors (Lipinski definition) is 4. The normalized spacial score (nSPS) is 18.9. The van der Waals surface area contributed by atoms with Crippen LogP contribution in [0.4, 0.5) is 0 Å². The van der Waals surface area contributed by atoms with Crippen molar-refractivity contribution < 1.29 is 24.2 Å². The molecule has 1 aliphatic rings. The molecule has 0 aromatic carbocycles. The van der Waals surface area contributed by atoms with Crippen molar-refractivity contribution in [3.05, 3.63) is 23.5 Å². The molecule has 7 nitrogen and oxygen atoms in total. The summed E-state index contributed by atoms with van der Waals surface area (Å²) in [6.07, 6.45) is 1.31. The average Bonchev–Trinajstić information content (AvgIpc) is 2.87. The summed E-state index contributed by atoms with van der Waals surface area (Å²) in [5.41, 5.74) is 0.712. The molecule has 2 rings (SSSR count). The number of hydrogen-bond donors (Lipinski definition) is 2. The van der Waals surface area contributed by atoms with Gasteiger partial charge in [-0.15, -0.1) is 0 Å². The molecule has 1 amide bonds. The van der Waals surface area contributed by atoms with Gasteiger partial charge in [0.05, 0.1) is 25.7 Å². The highest BCUT2D eigenvalue weighted by molar-refractivity contribution is 5.99. The van der Waals surface area contributed by atoms with E-state index in [1.165, 1.54) is 24.1 Å². The Morgan fingerprint density at radius 2 is 2.25 bits per heavy atom. The zero-order valence-electron chi connectivity index (χ0n) is 11.1. The molecule has 0 aliphatic carbocycles. The van der Waals surface area contributed by atoms with Crippen molar-refractivity contribution in [3.63, 3.8) is 0 Å². The lowest BCUT2D eigenvalue weighted by Gasteiger charge is -2.34. The number of amides is 1. The fourth-order valence-electron chi connectivity index (χ4n) is 2.17. The average molecular weight is 280 g/mol. The number of nitrogens with zero attached hydrogens (tertiary/aromatic N) is 1. The first-order chi connectivity index (χ1) is 9.49. The zero-order valence-corrected chi connectivity index (χ0v) is 11.1. The summed E-state index contributed by atoms with van der Waals surface area (Å²) in [6, 6.07) is 0.996. The number of aliphatic carboxylic acids is 1. The van der Waals surface area contributed by atoms with E-state index in [-0.39, 0.29) is 30.4 Å². The Balaban J connectivity index is 2.15. The molecule has 0 radical (unpaired) electrons. The minimum Gasteiger partial charge on any atom is -0.481 e. The fraction of sp³-hybridized carbons (Fsp3) is 0.462. The molecule has 1 aromatic rings. The Labute approximate surface area is 115 Å². The molecule has 20 heavy (non-hydrogen) atoms. The van der Waals surface area contributed by atoms with Crippen molar-refractivity contribution in [1.82, 2.24) is 9.88 Å². The zero-order chi connectivity index (χ0) is 14.7. The number of H-pyrrole nitrogens is 1. The maximum atomic E-state index is 12.4. The first-order valence-electron chi connectivity index (χ1n) is 6.29. The van der Waals surface area contributed by atoms with Crippen LogP contribution >= 0.6 is 0 Å². The highest BCUT2D eigenvalue weighted by Gasteiger charge is 2.30. The fourth-order valence-corrected chi connectivity index (χ4v) is 2.17. The van der Waals surface area contributed by atoms with Gasteiger partial charge in [0, 0.05) is 18.3 Å². The summed E-state index contributed by atoms with van der Waals surface area (Å²) in [5.74, 6) is -1.43. The Kier molecular flexibility index (Phi) is 4.19. The van der Waals surface area contributed by atoms with Gasteiger partial charge in [0.1, 0.15) is 5.69 Å². The maximum absolute atomic E-state index is 12.4. The third-order valence-corrected chi connectivity index (χ3v) is 3.22. The summed E-state index contributed by atoms with van der Waals surface area (Å²) in [7, 11) is 0. The van der Waals surface area contributed by atoms with Crippen molar-refractivity contribution in [2.45, 2.75) is 19.4 Å². The second-order valence-electron chi connectivity index (χ2n) is 4.68. The minimum absolute atomic E-state index is 0.135. The lowest BCUT2D eigenvalue weighted by molar-refractivity contribution is -0.139. The molecule has 2 heterocycles. The number of aromatic amines is 1. The van der Waals surface area contributed by atoms with Crippen LogP contribution in [0.3, 0.4) is 0 Å². The molecular formula is C13H16N2O5. The van der Waals surface area contributed by atoms with Gasteiger partial charge in [-0.05, 0) is 13.0 Å². The molecule has 108 valence electrons. The topological polar surface area (TPSA) is 99.7 Å². The molecule has 1 unspecified atom stereocenters. The van der Waals surface area contributed by atoms with Crippen LogP contribution in [0.5, 0.6) is 0 Å². The van der Waals surface area contributed by atoms with Gasteiger partial charge in [0.15, 0.2) is 5.78 Å². The number of ether oxygens (including phenoxy) is 1. The Morgan fingerprint density at radius 1 is 1.50 bits per heavy atom. The van der Waals surface area contributed by atoms with E-state index in [0.29, 0.717) is 18.7 Å². The minimum atomic E-state index is -0.978. The monoisotopic (exact) mass is 280 g/mol. The Hall–Kier alpha value is -2.15. The predicted octanol–water partition coefficient (Wildman–Crippen LogP) is 0.533. The molecule has 1 fully saturated rings. The van der Waals surface area contributed by atoms with Gasteiger partial charge in [0.2, 0.25) is 0 Å². The van der Waals surface area contributed by atoms with E-state index < -0.39 is 12.0 Å². The van der Waals surface area contributed by atoms with Crippen LogP contribution in [-0.2, 0) is 9.53 Å². The summed E-state index contributed by atoms with van der Waals surface area (Å²) in [4.78, 5) is 38.6. The molecule has 0 bridgehead atoms. The van der Waals surface area contributed by atoms with Crippen LogP contribution in [0.25, 0.3) is 0 Å². The van der Waals surface area contributed by atoms with Crippen molar-refractivity contribution in [3.8, 4) is 0 Å². The number of carboxylic acids is 1. The third-order valence-electron chi connectivity index (χ3n) is 3.22. The molecular weight excluding hydrogens is 264 g/mol. The predicted molar refractivity (Wildman–Crippen MR) is 68.7 cm³/mol. The second-order valence-corrected chi connectivity index (χ2v) is 4.68. The second kappa shape index (κ2) is 5.87. The quantitative estimate of drug-likeness (QED) is 0.784. The van der Waals surface area contributed by atoms with Crippen molar-refractivity contribution in [1.29, 1.82) is 0 Å². The molecule has 0 spiro atoms. The molecule has 1 atom stereocenters. The van der Waals surface area contributed by atoms with Gasteiger partial charge in [-0.25, -0.2) is 0 Å². The highest BCUT2D eigenvalue weighted by Crippen LogP contribution is 2.15. The van der Waals surface area contributed by atoms with Crippen LogP contribution in [0.15, 0.2) is 12.3 Å². The first kappa shape index (κ1) is 14.3. The smallest absolute Gasteiger partial charge is 0.305 e. The summed E-state index contributed by atoms with van der Waals surface area (Å²) < 4.78 is 5.22.